The molecule has 1 heterocycles. The Morgan fingerprint density at radius 1 is 1.24 bits per heavy atom. The van der Waals surface area contributed by atoms with Crippen LogP contribution in [0.25, 0.3) is 10.1 Å². The van der Waals surface area contributed by atoms with Gasteiger partial charge in [0, 0.05) is 33.0 Å². The summed E-state index contributed by atoms with van der Waals surface area (Å²) in [5.74, 6) is -2.97. The fourth-order valence-corrected chi connectivity index (χ4v) is 5.30. The van der Waals surface area contributed by atoms with E-state index in [0.717, 1.165) is 11.5 Å². The molecule has 2 rings (SSSR count). The lowest BCUT2D eigenvalue weighted by molar-refractivity contribution is -0.268. The molecule has 4 N–H and O–H groups in total. The molecule has 1 aromatic carbocycles. The van der Waals surface area contributed by atoms with Crippen LogP contribution >= 0.6 is 11.5 Å². The Bertz CT molecular complexity index is 1140. The monoisotopic (exact) mass is 525 g/mol. The Kier molecular flexibility index (Phi) is 8.21. The number of nitrogens with one attached hydrogen (secondary N) is 2. The summed E-state index contributed by atoms with van der Waals surface area (Å²) in [5.41, 5.74) is -4.99. The Morgan fingerprint density at radius 2 is 1.85 bits per heavy atom. The van der Waals surface area contributed by atoms with Gasteiger partial charge in [0.1, 0.15) is 17.3 Å². The van der Waals surface area contributed by atoms with Crippen LogP contribution in [-0.4, -0.2) is 60.2 Å². The molecule has 3 atom stereocenters. The lowest BCUT2D eigenvalue weighted by atomic mass is 9.93. The highest BCUT2D eigenvalue weighted by Gasteiger charge is 2.57. The van der Waals surface area contributed by atoms with Crippen LogP contribution in [0.15, 0.2) is 24.3 Å². The van der Waals surface area contributed by atoms with Gasteiger partial charge in [0.2, 0.25) is 5.60 Å². The van der Waals surface area contributed by atoms with Gasteiger partial charge in [-0.3, -0.25) is 4.78 Å². The topological polar surface area (TPSA) is 150 Å². The molecule has 14 heteroatoms. The number of carbonyl (C=O) groups excluding carboxylic acids is 1. The van der Waals surface area contributed by atoms with Crippen LogP contribution in [0.4, 0.5) is 18.0 Å². The lowest BCUT2D eigenvalue weighted by Gasteiger charge is -2.29. The van der Waals surface area contributed by atoms with Crippen LogP contribution in [0.5, 0.6) is 0 Å². The summed E-state index contributed by atoms with van der Waals surface area (Å²) >= 11 is 0.772. The molecule has 34 heavy (non-hydrogen) atoms. The number of carboxylic acid groups (broad SMARTS) is 1. The smallest absolute Gasteiger partial charge is 0.423 e. The van der Waals surface area contributed by atoms with E-state index in [1.807, 2.05) is 0 Å². The summed E-state index contributed by atoms with van der Waals surface area (Å²) in [5, 5.41) is 22.1. The van der Waals surface area contributed by atoms with Crippen molar-refractivity contribution in [1.82, 2.24) is 9.69 Å². The first-order valence-electron chi connectivity index (χ1n) is 10.1. The fourth-order valence-electron chi connectivity index (χ4n) is 3.01. The highest BCUT2D eigenvalue weighted by molar-refractivity contribution is 7.92. The Labute approximate surface area is 198 Å². The number of alkyl halides is 3. The van der Waals surface area contributed by atoms with Crippen LogP contribution in [0.3, 0.4) is 0 Å². The minimum Gasteiger partial charge on any atom is -0.480 e. The molecule has 0 aliphatic heterocycles. The highest BCUT2D eigenvalue weighted by Crippen LogP contribution is 2.44. The maximum absolute atomic E-state index is 13.9. The third-order valence-corrected chi connectivity index (χ3v) is 7.34. The second-order valence-electron chi connectivity index (χ2n) is 8.68. The van der Waals surface area contributed by atoms with Crippen molar-refractivity contribution in [3.05, 3.63) is 30.0 Å². The number of fused-ring (bicyclic) bond motifs is 1. The molecule has 190 valence electrons. The molecule has 0 bridgehead atoms. The molecule has 0 saturated carbocycles. The molecule has 2 aromatic rings. The predicted octanol–water partition coefficient (Wildman–Crippen LogP) is 3.85. The summed E-state index contributed by atoms with van der Waals surface area (Å²) in [6.07, 6.45) is -7.80. The van der Waals surface area contributed by atoms with E-state index in [2.05, 4.69) is 9.69 Å². The van der Waals surface area contributed by atoms with E-state index in [9.17, 15) is 37.2 Å². The maximum atomic E-state index is 13.9. The molecule has 1 aromatic heterocycles. The second-order valence-corrected chi connectivity index (χ2v) is 11.9. The van der Waals surface area contributed by atoms with Gasteiger partial charge in [-0.25, -0.2) is 13.8 Å². The Morgan fingerprint density at radius 3 is 2.41 bits per heavy atom. The first kappa shape index (κ1) is 27.8. The van der Waals surface area contributed by atoms with Crippen molar-refractivity contribution in [2.45, 2.75) is 57.0 Å². The van der Waals surface area contributed by atoms with Crippen LogP contribution in [-0.2, 0) is 24.9 Å². The van der Waals surface area contributed by atoms with Crippen molar-refractivity contribution in [3.8, 4) is 0 Å². The molecule has 0 saturated heterocycles. The normalized spacial score (nSPS) is 16.9. The first-order chi connectivity index (χ1) is 15.5. The number of halogens is 3. The van der Waals surface area contributed by atoms with E-state index in [4.69, 9.17) is 9.52 Å². The average molecular weight is 526 g/mol. The highest BCUT2D eigenvalue weighted by atomic mass is 32.2. The molecule has 2 unspecified atom stereocenters. The average Bonchev–Trinajstić information content (AvgIpc) is 3.11. The number of aliphatic hydroxyl groups is 1. The SMILES string of the molecule is CC(C)(C)OC(=O)N[C@@H](CCS(=N)(=O)CCC(O)(c1nsc2ccccc12)C(F)(F)F)C(=O)O. The van der Waals surface area contributed by atoms with Gasteiger partial charge in [-0.2, -0.15) is 17.5 Å². The van der Waals surface area contributed by atoms with E-state index >= 15 is 0 Å². The summed E-state index contributed by atoms with van der Waals surface area (Å²) in [6.45, 7) is 4.69. The van der Waals surface area contributed by atoms with E-state index in [0.29, 0.717) is 4.70 Å². The van der Waals surface area contributed by atoms with Crippen molar-refractivity contribution in [3.63, 3.8) is 0 Å². The number of carboxylic acids is 1. The summed E-state index contributed by atoms with van der Waals surface area (Å²) in [7, 11) is -3.76. The zero-order valence-electron chi connectivity index (χ0n) is 18.6. The van der Waals surface area contributed by atoms with Crippen LogP contribution < -0.4 is 5.32 Å². The van der Waals surface area contributed by atoms with Gasteiger partial charge < -0.3 is 20.3 Å². The van der Waals surface area contributed by atoms with Crippen molar-refractivity contribution in [2.75, 3.05) is 11.5 Å². The minimum atomic E-state index is -5.17. The molecule has 0 aliphatic rings. The number of carbonyl (C=O) groups is 2. The van der Waals surface area contributed by atoms with Gasteiger partial charge in [0.05, 0.1) is 4.70 Å². The summed E-state index contributed by atoms with van der Waals surface area (Å²) < 4.78 is 71.4. The van der Waals surface area contributed by atoms with Gasteiger partial charge in [-0.05, 0) is 44.8 Å². The molecule has 0 aliphatic carbocycles. The largest absolute Gasteiger partial charge is 0.480 e. The van der Waals surface area contributed by atoms with E-state index < -0.39 is 75.3 Å². The lowest BCUT2D eigenvalue weighted by Crippen LogP contribution is -2.45. The Hall–Kier alpha value is -2.45. The summed E-state index contributed by atoms with van der Waals surface area (Å²) in [6, 6.07) is 4.46. The number of hydrogen-bond donors (Lipinski definition) is 4. The molecule has 9 nitrogen and oxygen atoms in total. The molecule has 1 amide bonds. The second kappa shape index (κ2) is 10.0. The van der Waals surface area contributed by atoms with Crippen molar-refractivity contribution < 1.29 is 41.9 Å². The van der Waals surface area contributed by atoms with Gasteiger partial charge in [0.25, 0.3) is 0 Å². The third kappa shape index (κ3) is 7.03. The molecule has 0 spiro atoms. The van der Waals surface area contributed by atoms with E-state index in [-0.39, 0.29) is 5.39 Å². The van der Waals surface area contributed by atoms with Crippen molar-refractivity contribution in [1.29, 1.82) is 4.78 Å². The van der Waals surface area contributed by atoms with E-state index in [1.165, 1.54) is 12.1 Å². The van der Waals surface area contributed by atoms with Crippen LogP contribution in [0, 0.1) is 4.78 Å². The number of benzene rings is 1. The quantitative estimate of drug-likeness (QED) is 0.388. The number of hydrogen-bond acceptors (Lipinski definition) is 8. The number of nitrogens with zero attached hydrogens (tertiary/aromatic N) is 1. The number of amides is 1. The van der Waals surface area contributed by atoms with Crippen molar-refractivity contribution >= 4 is 43.4 Å². The third-order valence-electron chi connectivity index (χ3n) is 4.76. The maximum Gasteiger partial charge on any atom is 0.423 e. The predicted molar refractivity (Wildman–Crippen MR) is 120 cm³/mol. The molecule has 0 radical (unpaired) electrons. The van der Waals surface area contributed by atoms with Gasteiger partial charge in [0.15, 0.2) is 0 Å². The standard InChI is InChI=1S/C20H26F3N3O6S2/c1-18(2,3)32-17(29)25-13(16(27)28)8-10-34(24,31)11-9-19(30,20(21,22)23)15-12-6-4-5-7-14(12)33-26-15/h4-7,13,24,30H,8-11H2,1-3H3,(H,25,29)(H,27,28)/t13-,19?,34?/m0/s1. The number of ether oxygens (including phenoxy) is 1. The first-order valence-corrected chi connectivity index (χ1v) is 12.7. The van der Waals surface area contributed by atoms with Crippen LogP contribution in [0.1, 0.15) is 39.3 Å². The number of rotatable bonds is 9. The van der Waals surface area contributed by atoms with Gasteiger partial charge in [-0.1, -0.05) is 18.2 Å². The molecular formula is C20H26F3N3O6S2. The molecule has 0 fully saturated rings. The number of aliphatic carboxylic acids is 1. The van der Waals surface area contributed by atoms with Crippen LogP contribution in [0.2, 0.25) is 0 Å². The Balaban J connectivity index is 2.14. The minimum absolute atomic E-state index is 0.0938. The van der Waals surface area contributed by atoms with Crippen molar-refractivity contribution in [2.24, 2.45) is 0 Å². The van der Waals surface area contributed by atoms with Gasteiger partial charge in [-0.15, -0.1) is 0 Å². The molecular weight excluding hydrogens is 499 g/mol. The zero-order valence-corrected chi connectivity index (χ0v) is 20.3. The number of alkyl carbamates (subject to hydrolysis) is 1. The van der Waals surface area contributed by atoms with Gasteiger partial charge >= 0.3 is 18.2 Å². The number of aromatic nitrogens is 1. The van der Waals surface area contributed by atoms with E-state index in [1.54, 1.807) is 32.9 Å². The zero-order chi connectivity index (χ0) is 25.9. The fraction of sp³-hybridized carbons (Fsp3) is 0.550. The summed E-state index contributed by atoms with van der Waals surface area (Å²) in [4.78, 5) is 23.3.